The molecule has 0 fully saturated rings. The van der Waals surface area contributed by atoms with Gasteiger partial charge in [0.1, 0.15) is 11.5 Å². The Morgan fingerprint density at radius 2 is 1.92 bits per heavy atom. The number of aromatic nitrogens is 3. The van der Waals surface area contributed by atoms with Gasteiger partial charge >= 0.3 is 0 Å². The molecule has 1 aliphatic heterocycles. The van der Waals surface area contributed by atoms with Crippen LogP contribution in [0.5, 0.6) is 0 Å². The van der Waals surface area contributed by atoms with Gasteiger partial charge in [0.25, 0.3) is 0 Å². The lowest BCUT2D eigenvalue weighted by Gasteiger charge is -2.22. The van der Waals surface area contributed by atoms with E-state index < -0.39 is 0 Å². The van der Waals surface area contributed by atoms with Gasteiger partial charge in [-0.2, -0.15) is 0 Å². The second kappa shape index (κ2) is 6.72. The number of nitrogen functional groups attached to an aromatic ring is 1. The van der Waals surface area contributed by atoms with Crippen LogP contribution < -0.4 is 5.73 Å². The number of hydrogen-bond donors (Lipinski definition) is 1. The molecule has 3 aromatic rings. The number of nitrogens with two attached hydrogens (primary N) is 1. The van der Waals surface area contributed by atoms with Crippen molar-refractivity contribution in [3.8, 4) is 11.3 Å². The average molecular weight is 347 g/mol. The van der Waals surface area contributed by atoms with E-state index in [0.29, 0.717) is 17.1 Å². The lowest BCUT2D eigenvalue weighted by Crippen LogP contribution is -2.30. The van der Waals surface area contributed by atoms with E-state index >= 15 is 0 Å². The first-order valence-corrected chi connectivity index (χ1v) is 8.69. The lowest BCUT2D eigenvalue weighted by molar-refractivity contribution is 0.0987. The maximum atomic E-state index is 12.7. The molecule has 0 saturated carbocycles. The predicted octanol–water partition coefficient (Wildman–Crippen LogP) is 2.40. The van der Waals surface area contributed by atoms with Crippen molar-refractivity contribution >= 4 is 11.5 Å². The second-order valence-electron chi connectivity index (χ2n) is 6.67. The molecule has 6 heteroatoms. The van der Waals surface area contributed by atoms with Gasteiger partial charge < -0.3 is 10.3 Å². The third-order valence-corrected chi connectivity index (χ3v) is 4.69. The number of carbonyl (C=O) groups is 1. The number of rotatable bonds is 4. The van der Waals surface area contributed by atoms with E-state index in [0.717, 1.165) is 36.7 Å². The quantitative estimate of drug-likeness (QED) is 0.733. The van der Waals surface area contributed by atoms with Crippen molar-refractivity contribution in [3.63, 3.8) is 0 Å². The number of imidazole rings is 1. The zero-order chi connectivity index (χ0) is 18.1. The number of ketones is 1. The molecular weight excluding hydrogens is 326 g/mol. The molecule has 0 spiro atoms. The number of pyridine rings is 1. The van der Waals surface area contributed by atoms with Crippen molar-refractivity contribution in [2.45, 2.75) is 19.5 Å². The number of fused-ring (bicyclic) bond motifs is 1. The topological polar surface area (TPSA) is 77.0 Å². The summed E-state index contributed by atoms with van der Waals surface area (Å²) in [5.41, 5.74) is 9.49. The van der Waals surface area contributed by atoms with Crippen LogP contribution in [0.25, 0.3) is 11.3 Å². The highest BCUT2D eigenvalue weighted by Crippen LogP contribution is 2.21. The van der Waals surface area contributed by atoms with Gasteiger partial charge in [-0.05, 0) is 19.2 Å². The highest BCUT2D eigenvalue weighted by atomic mass is 16.1. The van der Waals surface area contributed by atoms with Crippen LogP contribution in [0, 0.1) is 0 Å². The van der Waals surface area contributed by atoms with Crippen LogP contribution in [0.15, 0.2) is 48.7 Å². The highest BCUT2D eigenvalue weighted by Gasteiger charge is 2.20. The van der Waals surface area contributed by atoms with Crippen LogP contribution in [0.1, 0.15) is 22.0 Å². The van der Waals surface area contributed by atoms with Crippen molar-refractivity contribution in [2.75, 3.05) is 19.3 Å². The SMILES string of the molecule is CN1CCn2cc(C(=O)Cc3nc(-c4ccccc4)ccc3N)nc2C1. The standard InChI is InChI=1S/C20H21N5O/c1-24-9-10-25-12-18(23-20(25)13-24)19(26)11-17-15(21)7-8-16(22-17)14-5-3-2-4-6-14/h2-8,12H,9-11,13,21H2,1H3. The summed E-state index contributed by atoms with van der Waals surface area (Å²) in [4.78, 5) is 24.0. The summed E-state index contributed by atoms with van der Waals surface area (Å²) in [6, 6.07) is 13.6. The van der Waals surface area contributed by atoms with Crippen LogP contribution in [-0.2, 0) is 19.5 Å². The van der Waals surface area contributed by atoms with E-state index in [1.54, 1.807) is 0 Å². The molecule has 6 nitrogen and oxygen atoms in total. The van der Waals surface area contributed by atoms with Gasteiger partial charge in [-0.15, -0.1) is 0 Å². The predicted molar refractivity (Wildman–Crippen MR) is 101 cm³/mol. The van der Waals surface area contributed by atoms with Crippen LogP contribution in [0.3, 0.4) is 0 Å². The Morgan fingerprint density at radius 3 is 2.73 bits per heavy atom. The van der Waals surface area contributed by atoms with Crippen molar-refractivity contribution < 1.29 is 4.79 Å². The summed E-state index contributed by atoms with van der Waals surface area (Å²) in [6.07, 6.45) is 2.00. The number of hydrogen-bond acceptors (Lipinski definition) is 5. The van der Waals surface area contributed by atoms with Gasteiger partial charge in [-0.1, -0.05) is 30.3 Å². The highest BCUT2D eigenvalue weighted by molar-refractivity contribution is 5.96. The Balaban J connectivity index is 1.58. The first kappa shape index (κ1) is 16.5. The van der Waals surface area contributed by atoms with Crippen LogP contribution in [-0.4, -0.2) is 38.8 Å². The fourth-order valence-electron chi connectivity index (χ4n) is 3.17. The fourth-order valence-corrected chi connectivity index (χ4v) is 3.17. The third-order valence-electron chi connectivity index (χ3n) is 4.69. The summed E-state index contributed by atoms with van der Waals surface area (Å²) >= 11 is 0. The van der Waals surface area contributed by atoms with Crippen molar-refractivity contribution in [1.29, 1.82) is 0 Å². The molecule has 132 valence electrons. The number of carbonyl (C=O) groups excluding carboxylic acids is 1. The van der Waals surface area contributed by atoms with Gasteiger partial charge in [0.2, 0.25) is 0 Å². The van der Waals surface area contributed by atoms with Gasteiger partial charge in [-0.3, -0.25) is 14.7 Å². The van der Waals surface area contributed by atoms with E-state index in [1.165, 1.54) is 0 Å². The first-order chi connectivity index (χ1) is 12.6. The average Bonchev–Trinajstić information content (AvgIpc) is 3.07. The Hall–Kier alpha value is -2.99. The van der Waals surface area contributed by atoms with Gasteiger partial charge in [0.05, 0.1) is 30.0 Å². The largest absolute Gasteiger partial charge is 0.397 e. The van der Waals surface area contributed by atoms with Crippen molar-refractivity contribution in [3.05, 3.63) is 65.9 Å². The number of anilines is 1. The Morgan fingerprint density at radius 1 is 1.12 bits per heavy atom. The molecule has 3 heterocycles. The summed E-state index contributed by atoms with van der Waals surface area (Å²) in [7, 11) is 2.05. The summed E-state index contributed by atoms with van der Waals surface area (Å²) in [5.74, 6) is 0.875. The van der Waals surface area contributed by atoms with E-state index in [-0.39, 0.29) is 12.2 Å². The minimum Gasteiger partial charge on any atom is -0.397 e. The molecule has 26 heavy (non-hydrogen) atoms. The molecule has 0 amide bonds. The van der Waals surface area contributed by atoms with E-state index in [4.69, 9.17) is 5.73 Å². The molecule has 0 bridgehead atoms. The van der Waals surface area contributed by atoms with Crippen LogP contribution in [0.2, 0.25) is 0 Å². The van der Waals surface area contributed by atoms with E-state index in [2.05, 4.69) is 26.5 Å². The molecule has 4 rings (SSSR count). The lowest BCUT2D eigenvalue weighted by atomic mass is 10.1. The number of likely N-dealkylation sites (N-methyl/N-ethyl adjacent to an activating group) is 1. The molecule has 0 unspecified atom stereocenters. The molecule has 1 aliphatic rings. The fraction of sp³-hybridized carbons (Fsp3) is 0.250. The van der Waals surface area contributed by atoms with E-state index in [9.17, 15) is 4.79 Å². The number of nitrogens with zero attached hydrogens (tertiary/aromatic N) is 4. The molecule has 0 radical (unpaired) electrons. The number of benzene rings is 1. The minimum absolute atomic E-state index is 0.0565. The molecule has 0 atom stereocenters. The molecule has 2 N–H and O–H groups in total. The summed E-state index contributed by atoms with van der Waals surface area (Å²) in [6.45, 7) is 2.58. The second-order valence-corrected chi connectivity index (χ2v) is 6.67. The summed E-state index contributed by atoms with van der Waals surface area (Å²) < 4.78 is 2.06. The monoisotopic (exact) mass is 347 g/mol. The van der Waals surface area contributed by atoms with Crippen molar-refractivity contribution in [1.82, 2.24) is 19.4 Å². The van der Waals surface area contributed by atoms with E-state index in [1.807, 2.05) is 48.7 Å². The molecule has 1 aromatic carbocycles. The van der Waals surface area contributed by atoms with Crippen LogP contribution in [0.4, 0.5) is 5.69 Å². The van der Waals surface area contributed by atoms with Crippen LogP contribution >= 0.6 is 0 Å². The minimum atomic E-state index is -0.0565. The Labute approximate surface area is 152 Å². The maximum Gasteiger partial charge on any atom is 0.188 e. The molecule has 2 aromatic heterocycles. The number of Topliss-reactive ketones (excluding diaryl/α,β-unsaturated/α-hetero) is 1. The normalized spacial score (nSPS) is 14.2. The zero-order valence-corrected chi connectivity index (χ0v) is 14.7. The van der Waals surface area contributed by atoms with Gasteiger partial charge in [0, 0.05) is 24.8 Å². The third kappa shape index (κ3) is 3.23. The first-order valence-electron chi connectivity index (χ1n) is 8.69. The zero-order valence-electron chi connectivity index (χ0n) is 14.7. The molecule has 0 saturated heterocycles. The van der Waals surface area contributed by atoms with Gasteiger partial charge in [0.15, 0.2) is 5.78 Å². The smallest absolute Gasteiger partial charge is 0.188 e. The Kier molecular flexibility index (Phi) is 4.26. The maximum absolute atomic E-state index is 12.7. The van der Waals surface area contributed by atoms with Gasteiger partial charge in [-0.25, -0.2) is 4.98 Å². The summed E-state index contributed by atoms with van der Waals surface area (Å²) in [5, 5.41) is 0. The molecule has 0 aliphatic carbocycles. The molecular formula is C20H21N5O. The Bertz CT molecular complexity index is 948. The van der Waals surface area contributed by atoms with Crippen molar-refractivity contribution in [2.24, 2.45) is 0 Å².